The van der Waals surface area contributed by atoms with Crippen molar-refractivity contribution in [2.75, 3.05) is 13.6 Å². The van der Waals surface area contributed by atoms with E-state index in [9.17, 15) is 9.90 Å². The van der Waals surface area contributed by atoms with Gasteiger partial charge in [0.1, 0.15) is 0 Å². The molecule has 0 saturated carbocycles. The molecule has 0 saturated heterocycles. The van der Waals surface area contributed by atoms with Crippen molar-refractivity contribution in [3.63, 3.8) is 0 Å². The summed E-state index contributed by atoms with van der Waals surface area (Å²) >= 11 is 0. The molecule has 0 bridgehead atoms. The van der Waals surface area contributed by atoms with Gasteiger partial charge in [-0.1, -0.05) is 0 Å². The van der Waals surface area contributed by atoms with Gasteiger partial charge in [0.15, 0.2) is 0 Å². The quantitative estimate of drug-likeness (QED) is 0.349. The van der Waals surface area contributed by atoms with Crippen LogP contribution in [0.15, 0.2) is 0 Å². The second-order valence-corrected chi connectivity index (χ2v) is 0.902. The molecule has 3 nitrogen and oxygen atoms in total. The second-order valence-electron chi connectivity index (χ2n) is 0.902. The molecule has 0 aliphatic carbocycles. The van der Waals surface area contributed by atoms with Crippen molar-refractivity contribution >= 4 is 5.97 Å². The average molecular weight is 95.0 g/mol. The van der Waals surface area contributed by atoms with Crippen LogP contribution in [-0.4, -0.2) is 19.6 Å². The van der Waals surface area contributed by atoms with Gasteiger partial charge in [0.05, 0.1) is 5.97 Å². The summed E-state index contributed by atoms with van der Waals surface area (Å²) in [7, 11) is 1.55. The number of hydrogen-bond acceptors (Lipinski definition) is 3. The predicted octanol–water partition coefficient (Wildman–Crippen LogP) is -5.04. The Morgan fingerprint density at radius 3 is 2.29 bits per heavy atom. The monoisotopic (exact) mass is 95.1 g/mol. The van der Waals surface area contributed by atoms with Crippen molar-refractivity contribution in [1.29, 1.82) is 0 Å². The van der Waals surface area contributed by atoms with Crippen molar-refractivity contribution < 1.29 is 28.8 Å². The molecular weight excluding hydrogens is 89.0 g/mol. The maximum Gasteiger partial charge on any atom is 1.00 e. The Labute approximate surface area is 54.3 Å². The van der Waals surface area contributed by atoms with E-state index in [0.29, 0.717) is 0 Å². The number of likely N-dealkylation sites (N-methyl/N-ethyl adjacent to an activating group) is 1. The van der Waals surface area contributed by atoms with E-state index in [4.69, 9.17) is 0 Å². The van der Waals surface area contributed by atoms with E-state index in [0.717, 1.165) is 0 Å². The number of carbonyl (C=O) groups excluding carboxylic acids is 1. The van der Waals surface area contributed by atoms with Gasteiger partial charge in [-0.05, 0) is 7.05 Å². The maximum atomic E-state index is 9.43. The van der Waals surface area contributed by atoms with Crippen LogP contribution in [0.2, 0.25) is 0 Å². The van der Waals surface area contributed by atoms with Crippen LogP contribution in [0.3, 0.4) is 0 Å². The minimum absolute atomic E-state index is 0. The fraction of sp³-hybridized carbons (Fsp3) is 0.667. The molecule has 0 aromatic carbocycles. The predicted molar refractivity (Wildman–Crippen MR) is 18.9 cm³/mol. The first-order valence-electron chi connectivity index (χ1n) is 1.62. The summed E-state index contributed by atoms with van der Waals surface area (Å²) in [4.78, 5) is 9.43. The van der Waals surface area contributed by atoms with Crippen LogP contribution < -0.4 is 29.3 Å². The number of nitrogens with one attached hydrogen (secondary N) is 1. The molecule has 0 atom stereocenters. The minimum atomic E-state index is -1.07. The van der Waals surface area contributed by atoms with E-state index in [1.165, 1.54) is 0 Å². The third kappa shape index (κ3) is 10.7. The summed E-state index contributed by atoms with van der Waals surface area (Å²) < 4.78 is 0. The zero-order chi connectivity index (χ0) is 4.99. The molecule has 0 aliphatic heterocycles. The summed E-state index contributed by atoms with van der Waals surface area (Å²) in [6.45, 7) is -0.0694. The van der Waals surface area contributed by atoms with Crippen molar-refractivity contribution in [1.82, 2.24) is 5.32 Å². The SMILES string of the molecule is CNCC(=O)[O-].[Li+]. The number of rotatable bonds is 2. The van der Waals surface area contributed by atoms with Crippen LogP contribution in [0.4, 0.5) is 0 Å². The van der Waals surface area contributed by atoms with Crippen molar-refractivity contribution in [2.24, 2.45) is 0 Å². The van der Waals surface area contributed by atoms with E-state index < -0.39 is 5.97 Å². The third-order valence-corrected chi connectivity index (χ3v) is 0.321. The van der Waals surface area contributed by atoms with Gasteiger partial charge in [-0.3, -0.25) is 0 Å². The summed E-state index contributed by atoms with van der Waals surface area (Å²) in [6.07, 6.45) is 0. The molecule has 0 amide bonds. The number of carboxylic acids is 1. The van der Waals surface area contributed by atoms with Gasteiger partial charge in [-0.25, -0.2) is 0 Å². The molecule has 7 heavy (non-hydrogen) atoms. The maximum absolute atomic E-state index is 9.43. The Kier molecular flexibility index (Phi) is 8.70. The molecule has 0 radical (unpaired) electrons. The molecule has 1 N–H and O–H groups in total. The number of carbonyl (C=O) groups is 1. The van der Waals surface area contributed by atoms with Gasteiger partial charge in [0.25, 0.3) is 0 Å². The van der Waals surface area contributed by atoms with Crippen LogP contribution in [-0.2, 0) is 4.79 Å². The smallest absolute Gasteiger partial charge is 0.549 e. The molecule has 0 unspecified atom stereocenters. The van der Waals surface area contributed by atoms with E-state index in [-0.39, 0.29) is 25.4 Å². The summed E-state index contributed by atoms with van der Waals surface area (Å²) in [5, 5.41) is 11.8. The fourth-order valence-electron chi connectivity index (χ4n) is 0.144. The first-order valence-corrected chi connectivity index (χ1v) is 1.62. The standard InChI is InChI=1S/C3H7NO2.Li/c1-4-2-3(5)6;/h4H,2H2,1H3,(H,5,6);/q;+1/p-1. The van der Waals surface area contributed by atoms with Gasteiger partial charge < -0.3 is 15.2 Å². The van der Waals surface area contributed by atoms with Crippen molar-refractivity contribution in [3.8, 4) is 0 Å². The third-order valence-electron chi connectivity index (χ3n) is 0.321. The van der Waals surface area contributed by atoms with Crippen molar-refractivity contribution in [2.45, 2.75) is 0 Å². The zero-order valence-electron chi connectivity index (χ0n) is 4.52. The fourth-order valence-corrected chi connectivity index (χ4v) is 0.144. The van der Waals surface area contributed by atoms with Crippen LogP contribution in [0.5, 0.6) is 0 Å². The molecule has 0 rings (SSSR count). The zero-order valence-corrected chi connectivity index (χ0v) is 4.52. The second kappa shape index (κ2) is 6.03. The Balaban J connectivity index is 0. The Bertz CT molecular complexity index is 56.9. The Morgan fingerprint density at radius 1 is 1.86 bits per heavy atom. The molecule has 0 aliphatic rings. The van der Waals surface area contributed by atoms with Crippen LogP contribution >= 0.6 is 0 Å². The molecule has 4 heteroatoms. The summed E-state index contributed by atoms with van der Waals surface area (Å²) in [5.74, 6) is -1.07. The van der Waals surface area contributed by atoms with Crippen LogP contribution in [0, 0.1) is 0 Å². The first kappa shape index (κ1) is 10.1. The summed E-state index contributed by atoms with van der Waals surface area (Å²) in [5.41, 5.74) is 0. The molecule has 0 heterocycles. The Hall–Kier alpha value is 0.0274. The number of carboxylic acid groups (broad SMARTS) is 1. The summed E-state index contributed by atoms with van der Waals surface area (Å²) in [6, 6.07) is 0. The molecular formula is C3H6LiNO2. The van der Waals surface area contributed by atoms with Gasteiger partial charge in [-0.15, -0.1) is 0 Å². The van der Waals surface area contributed by atoms with E-state index in [2.05, 4.69) is 5.32 Å². The Morgan fingerprint density at radius 2 is 2.29 bits per heavy atom. The average Bonchev–Trinajstić information content (AvgIpc) is 1.35. The van der Waals surface area contributed by atoms with Crippen LogP contribution in [0.25, 0.3) is 0 Å². The van der Waals surface area contributed by atoms with Gasteiger partial charge in [0, 0.05) is 6.54 Å². The van der Waals surface area contributed by atoms with Crippen molar-refractivity contribution in [3.05, 3.63) is 0 Å². The van der Waals surface area contributed by atoms with E-state index in [1.807, 2.05) is 0 Å². The normalized spacial score (nSPS) is 7.00. The topological polar surface area (TPSA) is 52.2 Å². The van der Waals surface area contributed by atoms with Gasteiger partial charge >= 0.3 is 18.9 Å². The molecule has 0 aromatic rings. The number of aliphatic carboxylic acids is 1. The molecule has 36 valence electrons. The molecule has 0 aromatic heterocycles. The van der Waals surface area contributed by atoms with Crippen LogP contribution in [0.1, 0.15) is 0 Å². The first-order chi connectivity index (χ1) is 2.77. The molecule has 0 fully saturated rings. The largest absolute Gasteiger partial charge is 1.00 e. The minimum Gasteiger partial charge on any atom is -0.549 e. The molecule has 0 spiro atoms. The van der Waals surface area contributed by atoms with Gasteiger partial charge in [-0.2, -0.15) is 0 Å². The van der Waals surface area contributed by atoms with E-state index >= 15 is 0 Å². The van der Waals surface area contributed by atoms with E-state index in [1.54, 1.807) is 7.05 Å². The van der Waals surface area contributed by atoms with Gasteiger partial charge in [0.2, 0.25) is 0 Å². The number of hydrogen-bond donors (Lipinski definition) is 1.